The summed E-state index contributed by atoms with van der Waals surface area (Å²) in [7, 11) is 0. The van der Waals surface area contributed by atoms with Crippen molar-refractivity contribution in [1.82, 2.24) is 4.90 Å². The fourth-order valence-corrected chi connectivity index (χ4v) is 6.59. The Morgan fingerprint density at radius 3 is 2.03 bits per heavy atom. The number of esters is 1. The molecule has 0 spiro atoms. The number of allylic oxidation sites excluding steroid dienone is 2. The number of carbonyl (C=O) groups is 3. The Bertz CT molecular complexity index is 1150. The summed E-state index contributed by atoms with van der Waals surface area (Å²) in [6.07, 6.45) is 5.46. The molecule has 34 heavy (non-hydrogen) atoms. The normalized spacial score (nSPS) is 30.8. The van der Waals surface area contributed by atoms with Gasteiger partial charge < -0.3 is 4.74 Å². The molecule has 5 nitrogen and oxygen atoms in total. The predicted molar refractivity (Wildman–Crippen MR) is 127 cm³/mol. The number of ether oxygens (including phenoxy) is 1. The molecular weight excluding hydrogens is 426 g/mol. The summed E-state index contributed by atoms with van der Waals surface area (Å²) in [5, 5.41) is 0. The molecule has 1 saturated heterocycles. The van der Waals surface area contributed by atoms with Crippen LogP contribution in [0.25, 0.3) is 0 Å². The molecular formula is C29H29NO4. The number of rotatable bonds is 6. The molecule has 2 saturated carbocycles. The Kier molecular flexibility index (Phi) is 4.80. The van der Waals surface area contributed by atoms with Crippen LogP contribution in [0.5, 0.6) is 5.75 Å². The van der Waals surface area contributed by atoms with Gasteiger partial charge in [-0.15, -0.1) is 0 Å². The molecule has 174 valence electrons. The minimum atomic E-state index is -0.436. The third kappa shape index (κ3) is 3.24. The monoisotopic (exact) mass is 455 g/mol. The van der Waals surface area contributed by atoms with Crippen molar-refractivity contribution in [3.05, 3.63) is 77.9 Å². The Morgan fingerprint density at radius 1 is 0.882 bits per heavy atom. The van der Waals surface area contributed by atoms with E-state index < -0.39 is 5.97 Å². The fourth-order valence-electron chi connectivity index (χ4n) is 6.59. The number of likely N-dealkylation sites (tertiary alicyclic amines) is 1. The SMILES string of the molecule is CC(C)(c1ccccc1)c1ccc(OC(=O)CCN2C(=O)[C@@H]3[C@@H]4C=C[C@H]([C@H]5C[C@@H]45)[C@@H]3C2=O)cc1. The summed E-state index contributed by atoms with van der Waals surface area (Å²) in [6, 6.07) is 17.8. The number of nitrogens with zero attached hydrogens (tertiary/aromatic N) is 1. The Balaban J connectivity index is 1.07. The Hall–Kier alpha value is -3.21. The van der Waals surface area contributed by atoms with Gasteiger partial charge >= 0.3 is 5.97 Å². The maximum Gasteiger partial charge on any atom is 0.312 e. The Morgan fingerprint density at radius 2 is 1.44 bits per heavy atom. The van der Waals surface area contributed by atoms with Gasteiger partial charge in [0, 0.05) is 12.0 Å². The Labute approximate surface area is 199 Å². The number of imide groups is 1. The van der Waals surface area contributed by atoms with Crippen LogP contribution in [0.3, 0.4) is 0 Å². The van der Waals surface area contributed by atoms with Gasteiger partial charge in [-0.3, -0.25) is 19.3 Å². The maximum absolute atomic E-state index is 13.0. The van der Waals surface area contributed by atoms with Crippen molar-refractivity contribution in [1.29, 1.82) is 0 Å². The van der Waals surface area contributed by atoms with Gasteiger partial charge in [0.25, 0.3) is 0 Å². The lowest BCUT2D eigenvalue weighted by Gasteiger charge is -2.37. The molecule has 0 N–H and O–H groups in total. The molecule has 2 aromatic rings. The topological polar surface area (TPSA) is 63.7 Å². The smallest absolute Gasteiger partial charge is 0.312 e. The van der Waals surface area contributed by atoms with Crippen LogP contribution in [0, 0.1) is 35.5 Å². The zero-order valence-electron chi connectivity index (χ0n) is 19.5. The van der Waals surface area contributed by atoms with Crippen molar-refractivity contribution in [3.8, 4) is 5.75 Å². The molecule has 7 rings (SSSR count). The van der Waals surface area contributed by atoms with Crippen LogP contribution in [0.1, 0.15) is 37.8 Å². The van der Waals surface area contributed by atoms with E-state index in [-0.39, 0.29) is 53.9 Å². The minimum absolute atomic E-state index is 0.00377. The lowest BCUT2D eigenvalue weighted by Crippen LogP contribution is -2.40. The highest BCUT2D eigenvalue weighted by atomic mass is 16.5. The van der Waals surface area contributed by atoms with E-state index in [2.05, 4.69) is 38.1 Å². The van der Waals surface area contributed by atoms with E-state index in [9.17, 15) is 14.4 Å². The molecule has 0 aromatic heterocycles. The molecule has 4 aliphatic carbocycles. The molecule has 0 unspecified atom stereocenters. The van der Waals surface area contributed by atoms with Gasteiger partial charge in [-0.2, -0.15) is 0 Å². The van der Waals surface area contributed by atoms with Gasteiger partial charge in [0.05, 0.1) is 18.3 Å². The lowest BCUT2D eigenvalue weighted by molar-refractivity contribution is -0.141. The fraction of sp³-hybridized carbons (Fsp3) is 0.414. The van der Waals surface area contributed by atoms with Gasteiger partial charge in [-0.25, -0.2) is 0 Å². The first-order valence-electron chi connectivity index (χ1n) is 12.3. The number of carbonyl (C=O) groups excluding carboxylic acids is 3. The molecule has 1 heterocycles. The van der Waals surface area contributed by atoms with E-state index >= 15 is 0 Å². The number of amides is 2. The summed E-state index contributed by atoms with van der Waals surface area (Å²) in [5.74, 6) is 0.951. The lowest BCUT2D eigenvalue weighted by atomic mass is 9.63. The number of benzene rings is 2. The first-order valence-corrected chi connectivity index (χ1v) is 12.3. The van der Waals surface area contributed by atoms with E-state index in [1.807, 2.05) is 30.3 Å². The standard InChI is InChI=1S/C29H29NO4/c1-29(2,17-6-4-3-5-7-17)18-8-10-19(11-9-18)34-24(31)14-15-30-27(32)25-20-12-13-21(23-16-22(20)23)26(25)28(30)33/h3-13,20-23,25-26H,14-16H2,1-2H3/t20-,21-,22-,23+,25+,26-/m1/s1. The summed E-state index contributed by atoms with van der Waals surface area (Å²) >= 11 is 0. The van der Waals surface area contributed by atoms with Gasteiger partial charge in [0.2, 0.25) is 11.8 Å². The summed E-state index contributed by atoms with van der Waals surface area (Å²) in [5.41, 5.74) is 2.16. The van der Waals surface area contributed by atoms with Gasteiger partial charge in [0.1, 0.15) is 5.75 Å². The van der Waals surface area contributed by atoms with Gasteiger partial charge in [0.15, 0.2) is 0 Å². The summed E-state index contributed by atoms with van der Waals surface area (Å²) < 4.78 is 5.51. The third-order valence-electron chi connectivity index (χ3n) is 8.60. The maximum atomic E-state index is 13.0. The average Bonchev–Trinajstić information content (AvgIpc) is 3.63. The van der Waals surface area contributed by atoms with Crippen LogP contribution < -0.4 is 4.74 Å². The van der Waals surface area contributed by atoms with Gasteiger partial charge in [-0.1, -0.05) is 68.5 Å². The highest BCUT2D eigenvalue weighted by Gasteiger charge is 2.66. The first-order chi connectivity index (χ1) is 16.4. The minimum Gasteiger partial charge on any atom is -0.426 e. The van der Waals surface area contributed by atoms with Crippen LogP contribution in [0.15, 0.2) is 66.7 Å². The quantitative estimate of drug-likeness (QED) is 0.281. The molecule has 3 fully saturated rings. The van der Waals surface area contributed by atoms with Crippen molar-refractivity contribution in [2.75, 3.05) is 6.54 Å². The van der Waals surface area contributed by atoms with Crippen LogP contribution in [-0.2, 0) is 19.8 Å². The van der Waals surface area contributed by atoms with E-state index in [4.69, 9.17) is 4.74 Å². The van der Waals surface area contributed by atoms with E-state index in [0.29, 0.717) is 17.6 Å². The molecule has 2 amide bonds. The van der Waals surface area contributed by atoms with E-state index in [1.165, 1.54) is 10.5 Å². The number of hydrogen-bond acceptors (Lipinski definition) is 4. The average molecular weight is 456 g/mol. The summed E-state index contributed by atoms with van der Waals surface area (Å²) in [4.78, 5) is 39.9. The van der Waals surface area contributed by atoms with Crippen LogP contribution in [0.4, 0.5) is 0 Å². The van der Waals surface area contributed by atoms with Crippen molar-refractivity contribution in [3.63, 3.8) is 0 Å². The zero-order valence-corrected chi connectivity index (χ0v) is 19.5. The predicted octanol–water partition coefficient (Wildman–Crippen LogP) is 4.36. The van der Waals surface area contributed by atoms with E-state index in [0.717, 1.165) is 12.0 Å². The van der Waals surface area contributed by atoms with Crippen molar-refractivity contribution < 1.29 is 19.1 Å². The highest BCUT2D eigenvalue weighted by molar-refractivity contribution is 6.06. The third-order valence-corrected chi connectivity index (χ3v) is 8.60. The molecule has 2 aromatic carbocycles. The molecule has 5 heteroatoms. The first kappa shape index (κ1) is 21.3. The number of hydrogen-bond donors (Lipinski definition) is 0. The second-order valence-corrected chi connectivity index (χ2v) is 10.7. The molecule has 2 bridgehead atoms. The highest BCUT2D eigenvalue weighted by Crippen LogP contribution is 2.65. The van der Waals surface area contributed by atoms with Crippen molar-refractivity contribution in [2.45, 2.75) is 32.1 Å². The van der Waals surface area contributed by atoms with Crippen molar-refractivity contribution in [2.24, 2.45) is 35.5 Å². The second-order valence-electron chi connectivity index (χ2n) is 10.7. The molecule has 0 radical (unpaired) electrons. The van der Waals surface area contributed by atoms with Crippen LogP contribution >= 0.6 is 0 Å². The second kappa shape index (κ2) is 7.66. The largest absolute Gasteiger partial charge is 0.426 e. The van der Waals surface area contributed by atoms with E-state index in [1.54, 1.807) is 12.1 Å². The molecule has 1 aliphatic heterocycles. The molecule has 5 aliphatic rings. The zero-order chi connectivity index (χ0) is 23.6. The molecule has 6 atom stereocenters. The van der Waals surface area contributed by atoms with Gasteiger partial charge in [-0.05, 0) is 53.4 Å². The van der Waals surface area contributed by atoms with Crippen LogP contribution in [-0.4, -0.2) is 29.2 Å². The van der Waals surface area contributed by atoms with Crippen molar-refractivity contribution >= 4 is 17.8 Å². The summed E-state index contributed by atoms with van der Waals surface area (Å²) in [6.45, 7) is 4.42. The van der Waals surface area contributed by atoms with Crippen LogP contribution in [0.2, 0.25) is 0 Å².